The predicted molar refractivity (Wildman–Crippen MR) is 40.3 cm³/mol. The van der Waals surface area contributed by atoms with Gasteiger partial charge >= 0.3 is 0 Å². The maximum atomic E-state index is 10.1. The molecule has 0 bridgehead atoms. The van der Waals surface area contributed by atoms with Crippen LogP contribution < -0.4 is 5.32 Å². The van der Waals surface area contributed by atoms with Crippen molar-refractivity contribution in [1.82, 2.24) is 10.2 Å². The molecule has 0 radical (unpaired) electrons. The third-order valence-corrected chi connectivity index (χ3v) is 1.72. The molecule has 0 fully saturated rings. The fourth-order valence-corrected chi connectivity index (χ4v) is 1.04. The van der Waals surface area contributed by atoms with Crippen molar-refractivity contribution < 1.29 is 8.76 Å². The van der Waals surface area contributed by atoms with Crippen molar-refractivity contribution in [2.24, 2.45) is 0 Å². The van der Waals surface area contributed by atoms with Crippen LogP contribution in [0, 0.1) is 0 Å². The van der Waals surface area contributed by atoms with Crippen LogP contribution >= 0.6 is 0 Å². The number of likely N-dealkylation sites (N-methyl/N-ethyl adjacent to an activating group) is 2. The molecule has 0 heterocycles. The van der Waals surface area contributed by atoms with Crippen LogP contribution in [0.4, 0.5) is 0 Å². The highest BCUT2D eigenvalue weighted by Gasteiger charge is 1.94. The number of rotatable bonds is 5. The molecule has 0 aromatic carbocycles. The molecule has 0 spiro atoms. The molecule has 62 valence electrons. The van der Waals surface area contributed by atoms with Crippen LogP contribution in [-0.2, 0) is 11.1 Å². The highest BCUT2D eigenvalue weighted by atomic mass is 32.2. The molecule has 0 saturated carbocycles. The molecule has 5 heteroatoms. The fraction of sp³-hybridized carbons (Fsp3) is 1.00. The van der Waals surface area contributed by atoms with E-state index in [-0.39, 0.29) is 5.88 Å². The molecule has 4 nitrogen and oxygen atoms in total. The summed E-state index contributed by atoms with van der Waals surface area (Å²) in [5, 5.41) is 2.93. The lowest BCUT2D eigenvalue weighted by Gasteiger charge is -2.17. The van der Waals surface area contributed by atoms with E-state index < -0.39 is 11.1 Å². The van der Waals surface area contributed by atoms with Crippen LogP contribution in [0.5, 0.6) is 0 Å². The molecule has 0 rings (SSSR count). The van der Waals surface area contributed by atoms with E-state index >= 15 is 0 Å². The van der Waals surface area contributed by atoms with Gasteiger partial charge in [0.15, 0.2) is 0 Å². The highest BCUT2D eigenvalue weighted by molar-refractivity contribution is 7.79. The van der Waals surface area contributed by atoms with E-state index in [4.69, 9.17) is 0 Å². The minimum atomic E-state index is -1.95. The van der Waals surface area contributed by atoms with E-state index in [1.807, 2.05) is 7.05 Å². The van der Waals surface area contributed by atoms with Crippen molar-refractivity contribution in [3.05, 3.63) is 0 Å². The van der Waals surface area contributed by atoms with Crippen molar-refractivity contribution in [3.8, 4) is 0 Å². The van der Waals surface area contributed by atoms with Gasteiger partial charge in [-0.15, -0.1) is 0 Å². The van der Waals surface area contributed by atoms with Gasteiger partial charge in [0, 0.05) is 13.1 Å². The molecule has 1 unspecified atom stereocenters. The van der Waals surface area contributed by atoms with E-state index in [9.17, 15) is 8.76 Å². The Bertz CT molecular complexity index is 110. The third kappa shape index (κ3) is 6.15. The van der Waals surface area contributed by atoms with Crippen LogP contribution in [0.15, 0.2) is 0 Å². The number of hydrogen-bond donors (Lipinski definition) is 1. The summed E-state index contributed by atoms with van der Waals surface area (Å²) >= 11 is -1.95. The van der Waals surface area contributed by atoms with Crippen molar-refractivity contribution in [3.63, 3.8) is 0 Å². The summed E-state index contributed by atoms with van der Waals surface area (Å²) in [6.45, 7) is 1.57. The zero-order chi connectivity index (χ0) is 7.98. The summed E-state index contributed by atoms with van der Waals surface area (Å²) in [6, 6.07) is 0. The monoisotopic (exact) mass is 165 g/mol. The van der Waals surface area contributed by atoms with Gasteiger partial charge in [-0.1, -0.05) is 0 Å². The summed E-state index contributed by atoms with van der Waals surface area (Å²) in [5.74, 6) is 0.113. The van der Waals surface area contributed by atoms with Gasteiger partial charge in [0.05, 0.1) is 5.88 Å². The number of nitrogens with one attached hydrogen (secondary N) is 1. The van der Waals surface area contributed by atoms with Crippen molar-refractivity contribution in [1.29, 1.82) is 0 Å². The van der Waals surface area contributed by atoms with Gasteiger partial charge in [-0.2, -0.15) is 0 Å². The topological polar surface area (TPSA) is 55.4 Å². The Morgan fingerprint density at radius 2 is 2.30 bits per heavy atom. The maximum Gasteiger partial charge on any atom is 0.0611 e. The second-order valence-corrected chi connectivity index (χ2v) is 2.98. The third-order valence-electron chi connectivity index (χ3n) is 1.07. The Balaban J connectivity index is 3.25. The molecule has 0 saturated heterocycles. The Morgan fingerprint density at radius 3 is 2.70 bits per heavy atom. The zero-order valence-electron chi connectivity index (χ0n) is 6.29. The molecule has 0 aliphatic heterocycles. The first-order chi connectivity index (χ1) is 4.66. The van der Waals surface area contributed by atoms with E-state index in [2.05, 4.69) is 5.32 Å². The van der Waals surface area contributed by atoms with Crippen molar-refractivity contribution in [2.45, 2.75) is 0 Å². The average Bonchev–Trinajstić information content (AvgIpc) is 1.82. The van der Waals surface area contributed by atoms with Crippen LogP contribution in [-0.4, -0.2) is 46.7 Å². The summed E-state index contributed by atoms with van der Waals surface area (Å²) in [7, 11) is 3.61. The lowest BCUT2D eigenvalue weighted by atomic mass is 10.6. The Morgan fingerprint density at radius 1 is 1.70 bits per heavy atom. The lowest BCUT2D eigenvalue weighted by Crippen LogP contribution is -2.29. The van der Waals surface area contributed by atoms with Crippen LogP contribution in [0.1, 0.15) is 0 Å². The van der Waals surface area contributed by atoms with E-state index in [0.717, 1.165) is 13.1 Å². The van der Waals surface area contributed by atoms with Gasteiger partial charge in [0.2, 0.25) is 0 Å². The molecule has 1 atom stereocenters. The van der Waals surface area contributed by atoms with Gasteiger partial charge < -0.3 is 9.87 Å². The number of hydrogen-bond acceptors (Lipinski definition) is 4. The SMILES string of the molecule is CNCCN(C)CS(=O)[O-]. The smallest absolute Gasteiger partial charge is 0.0611 e. The average molecular weight is 165 g/mol. The predicted octanol–water partition coefficient (Wildman–Crippen LogP) is -1.03. The van der Waals surface area contributed by atoms with Crippen LogP contribution in [0.3, 0.4) is 0 Å². The molecular formula is C5H13N2O2S-. The molecule has 0 aromatic rings. The summed E-state index contributed by atoms with van der Waals surface area (Å²) in [6.07, 6.45) is 0. The minimum absolute atomic E-state index is 0.113. The van der Waals surface area contributed by atoms with Gasteiger partial charge in [-0.3, -0.25) is 9.11 Å². The molecule has 0 amide bonds. The van der Waals surface area contributed by atoms with Gasteiger partial charge in [-0.25, -0.2) is 0 Å². The van der Waals surface area contributed by atoms with E-state index in [1.54, 1.807) is 11.9 Å². The van der Waals surface area contributed by atoms with Gasteiger partial charge in [-0.05, 0) is 25.2 Å². The lowest BCUT2D eigenvalue weighted by molar-refractivity contribution is 0.374. The largest absolute Gasteiger partial charge is 0.771 e. The molecule has 0 aromatic heterocycles. The fourth-order valence-electron chi connectivity index (χ4n) is 0.547. The summed E-state index contributed by atoms with van der Waals surface area (Å²) in [4.78, 5) is 1.74. The molecule has 0 aliphatic carbocycles. The minimum Gasteiger partial charge on any atom is -0.771 e. The number of nitrogens with zero attached hydrogens (tertiary/aromatic N) is 1. The van der Waals surface area contributed by atoms with E-state index in [0.29, 0.717) is 0 Å². The molecule has 10 heavy (non-hydrogen) atoms. The Hall–Kier alpha value is 0.0300. The van der Waals surface area contributed by atoms with Gasteiger partial charge in [0.25, 0.3) is 0 Å². The van der Waals surface area contributed by atoms with Crippen molar-refractivity contribution >= 4 is 11.1 Å². The summed E-state index contributed by atoms with van der Waals surface area (Å²) < 4.78 is 20.2. The second kappa shape index (κ2) is 5.79. The maximum absolute atomic E-state index is 10.1. The Kier molecular flexibility index (Phi) is 5.81. The van der Waals surface area contributed by atoms with Crippen molar-refractivity contribution in [2.75, 3.05) is 33.1 Å². The molecule has 0 aliphatic rings. The zero-order valence-corrected chi connectivity index (χ0v) is 7.11. The van der Waals surface area contributed by atoms with Crippen LogP contribution in [0.2, 0.25) is 0 Å². The second-order valence-electron chi connectivity index (χ2n) is 2.12. The van der Waals surface area contributed by atoms with Crippen LogP contribution in [0.25, 0.3) is 0 Å². The quantitative estimate of drug-likeness (QED) is 0.529. The van der Waals surface area contributed by atoms with Gasteiger partial charge in [0.1, 0.15) is 0 Å². The first-order valence-electron chi connectivity index (χ1n) is 3.06. The standard InChI is InChI=1S/C5H14N2O2S/c1-6-3-4-7(2)5-10(8)9/h6H,3-5H2,1-2H3,(H,8,9)/p-1. The normalized spacial score (nSPS) is 14.0. The molecule has 1 N–H and O–H groups in total. The Labute approximate surface area is 63.9 Å². The van der Waals surface area contributed by atoms with E-state index in [1.165, 1.54) is 0 Å². The first kappa shape index (κ1) is 10.0. The highest BCUT2D eigenvalue weighted by Crippen LogP contribution is 1.82. The first-order valence-corrected chi connectivity index (χ1v) is 4.30. The molecular weight excluding hydrogens is 152 g/mol. The summed E-state index contributed by atoms with van der Waals surface area (Å²) in [5.41, 5.74) is 0.